The number of aryl methyl sites for hydroxylation is 1. The normalized spacial score (nSPS) is 16.8. The number of amides is 1. The molecular weight excluding hydrogens is 236 g/mol. The van der Waals surface area contributed by atoms with Gasteiger partial charge in [-0.2, -0.15) is 0 Å². The molecule has 0 spiro atoms. The Kier molecular flexibility index (Phi) is 3.61. The Bertz CT molecular complexity index is 449. The molecule has 0 bridgehead atoms. The van der Waals surface area contributed by atoms with Crippen molar-refractivity contribution < 1.29 is 14.7 Å². The van der Waals surface area contributed by atoms with Crippen LogP contribution in [0.4, 0.5) is 0 Å². The number of carboxylic acid groups (broad SMARTS) is 1. The second kappa shape index (κ2) is 5.18. The molecule has 0 radical (unpaired) electrons. The maximum absolute atomic E-state index is 12.1. The van der Waals surface area contributed by atoms with Crippen molar-refractivity contribution in [1.29, 1.82) is 0 Å². The molecule has 1 aliphatic heterocycles. The van der Waals surface area contributed by atoms with E-state index in [0.717, 1.165) is 0 Å². The standard InChI is InChI=1S/C11H16N4O3/c1-13-8-12-6-9(13)11(18)15-4-2-14(3-5-15)7-10(16)17/h6,8H,2-5,7H2,1H3,(H,16,17). The third-order valence-corrected chi connectivity index (χ3v) is 3.05. The lowest BCUT2D eigenvalue weighted by molar-refractivity contribution is -0.138. The Balaban J connectivity index is 1.92. The molecule has 0 unspecified atom stereocenters. The first kappa shape index (κ1) is 12.6. The van der Waals surface area contributed by atoms with Crippen molar-refractivity contribution in [2.75, 3.05) is 32.7 Å². The smallest absolute Gasteiger partial charge is 0.317 e. The molecule has 2 heterocycles. The summed E-state index contributed by atoms with van der Waals surface area (Å²) in [5, 5.41) is 8.69. The van der Waals surface area contributed by atoms with E-state index in [1.807, 2.05) is 4.90 Å². The average Bonchev–Trinajstić information content (AvgIpc) is 2.75. The summed E-state index contributed by atoms with van der Waals surface area (Å²) in [6.07, 6.45) is 3.14. The fourth-order valence-corrected chi connectivity index (χ4v) is 2.03. The lowest BCUT2D eigenvalue weighted by Gasteiger charge is -2.33. The number of hydrogen-bond donors (Lipinski definition) is 1. The van der Waals surface area contributed by atoms with Gasteiger partial charge in [-0.3, -0.25) is 14.5 Å². The summed E-state index contributed by atoms with van der Waals surface area (Å²) in [5.41, 5.74) is 0.557. The van der Waals surface area contributed by atoms with E-state index in [9.17, 15) is 9.59 Å². The zero-order valence-corrected chi connectivity index (χ0v) is 10.2. The van der Waals surface area contributed by atoms with Crippen molar-refractivity contribution >= 4 is 11.9 Å². The van der Waals surface area contributed by atoms with Gasteiger partial charge in [-0.1, -0.05) is 0 Å². The molecule has 18 heavy (non-hydrogen) atoms. The van der Waals surface area contributed by atoms with Crippen LogP contribution in [0.1, 0.15) is 10.5 Å². The van der Waals surface area contributed by atoms with Gasteiger partial charge in [0.25, 0.3) is 5.91 Å². The number of hydrogen-bond acceptors (Lipinski definition) is 4. The number of carbonyl (C=O) groups is 2. The average molecular weight is 252 g/mol. The van der Waals surface area contributed by atoms with Gasteiger partial charge >= 0.3 is 5.97 Å². The van der Waals surface area contributed by atoms with Crippen LogP contribution < -0.4 is 0 Å². The zero-order valence-electron chi connectivity index (χ0n) is 10.2. The number of piperazine rings is 1. The predicted molar refractivity (Wildman–Crippen MR) is 63.2 cm³/mol. The van der Waals surface area contributed by atoms with Gasteiger partial charge in [-0.15, -0.1) is 0 Å². The largest absolute Gasteiger partial charge is 0.480 e. The maximum atomic E-state index is 12.1. The molecule has 1 aliphatic rings. The SMILES string of the molecule is Cn1cncc1C(=O)N1CCN(CC(=O)O)CC1. The molecule has 0 saturated carbocycles. The van der Waals surface area contributed by atoms with E-state index in [1.165, 1.54) is 0 Å². The highest BCUT2D eigenvalue weighted by atomic mass is 16.4. The van der Waals surface area contributed by atoms with Gasteiger partial charge < -0.3 is 14.6 Å². The molecule has 0 atom stereocenters. The van der Waals surface area contributed by atoms with Crippen LogP contribution in [0.5, 0.6) is 0 Å². The Morgan fingerprint density at radius 2 is 2.00 bits per heavy atom. The van der Waals surface area contributed by atoms with Crippen LogP contribution in [-0.2, 0) is 11.8 Å². The minimum Gasteiger partial charge on any atom is -0.480 e. The molecule has 1 saturated heterocycles. The highest BCUT2D eigenvalue weighted by molar-refractivity contribution is 5.92. The first-order valence-corrected chi connectivity index (χ1v) is 5.77. The second-order valence-corrected chi connectivity index (χ2v) is 4.35. The summed E-state index contributed by atoms with van der Waals surface area (Å²) in [6, 6.07) is 0. The van der Waals surface area contributed by atoms with E-state index in [4.69, 9.17) is 5.11 Å². The Morgan fingerprint density at radius 3 is 2.50 bits per heavy atom. The van der Waals surface area contributed by atoms with Gasteiger partial charge in [0.05, 0.1) is 19.1 Å². The fourth-order valence-electron chi connectivity index (χ4n) is 2.03. The Labute approximate surface area is 105 Å². The molecule has 1 fully saturated rings. The van der Waals surface area contributed by atoms with Crippen LogP contribution >= 0.6 is 0 Å². The van der Waals surface area contributed by atoms with Crippen molar-refractivity contribution in [3.63, 3.8) is 0 Å². The molecule has 1 aromatic heterocycles. The number of imidazole rings is 1. The van der Waals surface area contributed by atoms with E-state index in [0.29, 0.717) is 31.9 Å². The van der Waals surface area contributed by atoms with Crippen molar-refractivity contribution in [3.8, 4) is 0 Å². The van der Waals surface area contributed by atoms with Gasteiger partial charge in [0, 0.05) is 33.2 Å². The molecular formula is C11H16N4O3. The van der Waals surface area contributed by atoms with E-state index in [-0.39, 0.29) is 12.5 Å². The fraction of sp³-hybridized carbons (Fsp3) is 0.545. The summed E-state index contributed by atoms with van der Waals surface area (Å²) in [4.78, 5) is 30.2. The molecule has 1 aromatic rings. The van der Waals surface area contributed by atoms with E-state index < -0.39 is 5.97 Å². The number of aliphatic carboxylic acids is 1. The highest BCUT2D eigenvalue weighted by Gasteiger charge is 2.24. The van der Waals surface area contributed by atoms with Crippen LogP contribution in [0.2, 0.25) is 0 Å². The molecule has 1 N–H and O–H groups in total. The summed E-state index contributed by atoms with van der Waals surface area (Å²) >= 11 is 0. The summed E-state index contributed by atoms with van der Waals surface area (Å²) in [5.74, 6) is -0.883. The molecule has 1 amide bonds. The second-order valence-electron chi connectivity index (χ2n) is 4.35. The maximum Gasteiger partial charge on any atom is 0.317 e. The van der Waals surface area contributed by atoms with Crippen molar-refractivity contribution in [3.05, 3.63) is 18.2 Å². The third-order valence-electron chi connectivity index (χ3n) is 3.05. The molecule has 0 aromatic carbocycles. The van der Waals surface area contributed by atoms with Gasteiger partial charge in [0.15, 0.2) is 0 Å². The quantitative estimate of drug-likeness (QED) is 0.766. The lowest BCUT2D eigenvalue weighted by Crippen LogP contribution is -2.50. The first-order chi connectivity index (χ1) is 8.58. The van der Waals surface area contributed by atoms with Crippen molar-refractivity contribution in [2.45, 2.75) is 0 Å². The molecule has 98 valence electrons. The predicted octanol–water partition coefficient (Wildman–Crippen LogP) is -0.737. The van der Waals surface area contributed by atoms with Gasteiger partial charge in [-0.25, -0.2) is 4.98 Å². The van der Waals surface area contributed by atoms with Gasteiger partial charge in [0.1, 0.15) is 5.69 Å². The Morgan fingerprint density at radius 1 is 1.33 bits per heavy atom. The van der Waals surface area contributed by atoms with Gasteiger partial charge in [-0.05, 0) is 0 Å². The number of carboxylic acids is 1. The van der Waals surface area contributed by atoms with Crippen LogP contribution in [0.15, 0.2) is 12.5 Å². The van der Waals surface area contributed by atoms with Gasteiger partial charge in [0.2, 0.25) is 0 Å². The van der Waals surface area contributed by atoms with E-state index in [2.05, 4.69) is 4.98 Å². The molecule has 2 rings (SSSR count). The summed E-state index contributed by atoms with van der Waals surface area (Å²) in [6.45, 7) is 2.33. The van der Waals surface area contributed by atoms with Crippen molar-refractivity contribution in [2.24, 2.45) is 7.05 Å². The molecule has 7 nitrogen and oxygen atoms in total. The van der Waals surface area contributed by atoms with Crippen LogP contribution in [-0.4, -0.2) is 69.1 Å². The van der Waals surface area contributed by atoms with Crippen LogP contribution in [0.3, 0.4) is 0 Å². The molecule has 0 aliphatic carbocycles. The Hall–Kier alpha value is -1.89. The van der Waals surface area contributed by atoms with Crippen LogP contribution in [0.25, 0.3) is 0 Å². The lowest BCUT2D eigenvalue weighted by atomic mass is 10.3. The summed E-state index contributed by atoms with van der Waals surface area (Å²) in [7, 11) is 1.78. The first-order valence-electron chi connectivity index (χ1n) is 5.77. The monoisotopic (exact) mass is 252 g/mol. The number of carbonyl (C=O) groups excluding carboxylic acids is 1. The minimum atomic E-state index is -0.832. The van der Waals surface area contributed by atoms with Crippen LogP contribution in [0, 0.1) is 0 Å². The topological polar surface area (TPSA) is 78.7 Å². The number of nitrogens with zero attached hydrogens (tertiary/aromatic N) is 4. The minimum absolute atomic E-state index is 0.0355. The number of rotatable bonds is 3. The van der Waals surface area contributed by atoms with Crippen molar-refractivity contribution in [1.82, 2.24) is 19.4 Å². The zero-order chi connectivity index (χ0) is 13.1. The molecule has 7 heteroatoms. The third kappa shape index (κ3) is 2.67. The highest BCUT2D eigenvalue weighted by Crippen LogP contribution is 2.07. The number of aromatic nitrogens is 2. The van der Waals surface area contributed by atoms with E-state index >= 15 is 0 Å². The van der Waals surface area contributed by atoms with E-state index in [1.54, 1.807) is 29.0 Å². The summed E-state index contributed by atoms with van der Waals surface area (Å²) < 4.78 is 1.69.